The van der Waals surface area contributed by atoms with Crippen LogP contribution in [0.1, 0.15) is 5.56 Å². The number of benzene rings is 1. The van der Waals surface area contributed by atoms with Gasteiger partial charge in [-0.2, -0.15) is 0 Å². The van der Waals surface area contributed by atoms with Crippen molar-refractivity contribution in [1.29, 1.82) is 5.41 Å². The van der Waals surface area contributed by atoms with Crippen LogP contribution in [-0.2, 0) is 0 Å². The van der Waals surface area contributed by atoms with Crippen LogP contribution in [0.5, 0.6) is 0 Å². The van der Waals surface area contributed by atoms with Gasteiger partial charge in [-0.25, -0.2) is 9.37 Å². The molecule has 92 valence electrons. The summed E-state index contributed by atoms with van der Waals surface area (Å²) in [5.41, 5.74) is 5.67. The third kappa shape index (κ3) is 2.68. The van der Waals surface area contributed by atoms with E-state index in [1.807, 2.05) is 0 Å². The average Bonchev–Trinajstić information content (AvgIpc) is 2.36. The fourth-order valence-corrected chi connectivity index (χ4v) is 2.74. The molecule has 0 saturated carbocycles. The minimum absolute atomic E-state index is 0.183. The van der Waals surface area contributed by atoms with Gasteiger partial charge in [0.2, 0.25) is 0 Å². The van der Waals surface area contributed by atoms with Gasteiger partial charge in [0.15, 0.2) is 5.82 Å². The molecular weight excluding hydrogens is 319 g/mol. The Morgan fingerprint density at radius 1 is 1.39 bits per heavy atom. The first-order valence-corrected chi connectivity index (χ1v) is 6.47. The molecule has 0 unspecified atom stereocenters. The fraction of sp³-hybridized carbons (Fsp3) is 0. The molecule has 0 bridgehead atoms. The van der Waals surface area contributed by atoms with Crippen molar-refractivity contribution < 1.29 is 4.39 Å². The molecule has 1 aromatic heterocycles. The minimum atomic E-state index is -0.460. The van der Waals surface area contributed by atoms with Crippen LogP contribution in [0, 0.1) is 11.2 Å². The van der Waals surface area contributed by atoms with E-state index in [2.05, 4.69) is 25.9 Å². The first-order chi connectivity index (χ1) is 8.59. The third-order valence-corrected chi connectivity index (χ3v) is 3.82. The second kappa shape index (κ2) is 5.45. The van der Waals surface area contributed by atoms with Crippen molar-refractivity contribution in [3.63, 3.8) is 0 Å². The molecule has 0 amide bonds. The second-order valence-electron chi connectivity index (χ2n) is 3.30. The van der Waals surface area contributed by atoms with Crippen molar-refractivity contribution in [3.05, 3.63) is 46.6 Å². The van der Waals surface area contributed by atoms with E-state index in [-0.39, 0.29) is 10.3 Å². The summed E-state index contributed by atoms with van der Waals surface area (Å²) in [7, 11) is 0. The highest BCUT2D eigenvalue weighted by molar-refractivity contribution is 9.10. The highest BCUT2D eigenvalue weighted by atomic mass is 79.9. The largest absolute Gasteiger partial charge is 0.384 e. The summed E-state index contributed by atoms with van der Waals surface area (Å²) in [6.07, 6.45) is 4.64. The van der Waals surface area contributed by atoms with E-state index >= 15 is 0 Å². The van der Waals surface area contributed by atoms with Gasteiger partial charge in [0, 0.05) is 18.0 Å². The lowest BCUT2D eigenvalue weighted by Gasteiger charge is -2.07. The summed E-state index contributed by atoms with van der Waals surface area (Å²) >= 11 is 4.26. The number of nitrogen functional groups attached to an aromatic ring is 1. The Bertz CT molecular complexity index is 591. The molecule has 3 N–H and O–H groups in total. The SMILES string of the molecule is N=C(N)c1ccc(Sc2cnccn2)c(F)c1Br. The van der Waals surface area contributed by atoms with E-state index in [0.29, 0.717) is 15.5 Å². The molecule has 18 heavy (non-hydrogen) atoms. The standard InChI is InChI=1S/C11H8BrFN4S/c12-9-6(11(14)15)1-2-7(10(9)13)18-8-5-16-3-4-17-8/h1-5H,(H3,14,15). The predicted octanol–water partition coefficient (Wildman–Crippen LogP) is 2.81. The van der Waals surface area contributed by atoms with Gasteiger partial charge in [0.25, 0.3) is 0 Å². The number of rotatable bonds is 3. The number of nitrogens with two attached hydrogens (primary N) is 1. The molecular formula is C11H8BrFN4S. The third-order valence-electron chi connectivity index (χ3n) is 2.09. The summed E-state index contributed by atoms with van der Waals surface area (Å²) in [4.78, 5) is 8.36. The second-order valence-corrected chi connectivity index (χ2v) is 5.15. The summed E-state index contributed by atoms with van der Waals surface area (Å²) in [5, 5.41) is 7.91. The lowest BCUT2D eigenvalue weighted by molar-refractivity contribution is 0.594. The van der Waals surface area contributed by atoms with Crippen LogP contribution in [0.25, 0.3) is 0 Å². The Hall–Kier alpha value is -1.47. The topological polar surface area (TPSA) is 75.7 Å². The summed E-state index contributed by atoms with van der Waals surface area (Å²) in [5.74, 6) is -0.643. The van der Waals surface area contributed by atoms with Gasteiger partial charge in [0.1, 0.15) is 10.9 Å². The number of amidine groups is 1. The van der Waals surface area contributed by atoms with E-state index in [1.54, 1.807) is 30.7 Å². The van der Waals surface area contributed by atoms with E-state index in [1.165, 1.54) is 0 Å². The lowest BCUT2D eigenvalue weighted by atomic mass is 10.2. The number of hydrogen-bond acceptors (Lipinski definition) is 4. The minimum Gasteiger partial charge on any atom is -0.384 e. The quantitative estimate of drug-likeness (QED) is 0.671. The maximum atomic E-state index is 14.0. The normalized spacial score (nSPS) is 10.3. The number of aromatic nitrogens is 2. The van der Waals surface area contributed by atoms with Gasteiger partial charge in [-0.3, -0.25) is 10.4 Å². The van der Waals surface area contributed by atoms with E-state index in [0.717, 1.165) is 11.8 Å². The molecule has 1 aromatic carbocycles. The number of hydrogen-bond donors (Lipinski definition) is 2. The molecule has 0 atom stereocenters. The Labute approximate surface area is 115 Å². The Morgan fingerprint density at radius 2 is 2.17 bits per heavy atom. The molecule has 0 saturated heterocycles. The van der Waals surface area contributed by atoms with Crippen LogP contribution in [-0.4, -0.2) is 15.8 Å². The first kappa shape index (κ1) is 13.0. The van der Waals surface area contributed by atoms with Crippen LogP contribution in [0.3, 0.4) is 0 Å². The van der Waals surface area contributed by atoms with Crippen LogP contribution in [0.2, 0.25) is 0 Å². The molecule has 0 aliphatic rings. The number of nitrogens with one attached hydrogen (secondary N) is 1. The number of halogens is 2. The van der Waals surface area contributed by atoms with Gasteiger partial charge in [-0.15, -0.1) is 0 Å². The Morgan fingerprint density at radius 3 is 2.78 bits per heavy atom. The molecule has 2 aromatic rings. The molecule has 7 heteroatoms. The zero-order valence-electron chi connectivity index (χ0n) is 9.02. The Balaban J connectivity index is 2.36. The molecule has 4 nitrogen and oxygen atoms in total. The fourth-order valence-electron chi connectivity index (χ4n) is 1.27. The van der Waals surface area contributed by atoms with Gasteiger partial charge < -0.3 is 5.73 Å². The van der Waals surface area contributed by atoms with Gasteiger partial charge in [-0.05, 0) is 28.1 Å². The van der Waals surface area contributed by atoms with Crippen molar-refractivity contribution in [1.82, 2.24) is 9.97 Å². The summed E-state index contributed by atoms with van der Waals surface area (Å²) < 4.78 is 14.2. The maximum absolute atomic E-state index is 14.0. The monoisotopic (exact) mass is 326 g/mol. The zero-order valence-corrected chi connectivity index (χ0v) is 11.4. The molecule has 0 spiro atoms. The molecule has 0 radical (unpaired) electrons. The van der Waals surface area contributed by atoms with E-state index in [4.69, 9.17) is 11.1 Å². The summed E-state index contributed by atoms with van der Waals surface area (Å²) in [6, 6.07) is 3.16. The van der Waals surface area contributed by atoms with Gasteiger partial charge in [0.05, 0.1) is 15.6 Å². The van der Waals surface area contributed by atoms with Crippen molar-refractivity contribution >= 4 is 33.5 Å². The molecule has 0 aliphatic carbocycles. The Kier molecular flexibility index (Phi) is 3.93. The predicted molar refractivity (Wildman–Crippen MR) is 71.3 cm³/mol. The average molecular weight is 327 g/mol. The van der Waals surface area contributed by atoms with Crippen molar-refractivity contribution in [2.45, 2.75) is 9.92 Å². The molecule has 0 aliphatic heterocycles. The van der Waals surface area contributed by atoms with Gasteiger partial charge >= 0.3 is 0 Å². The molecule has 0 fully saturated rings. The smallest absolute Gasteiger partial charge is 0.152 e. The van der Waals surface area contributed by atoms with Crippen LogP contribution < -0.4 is 5.73 Å². The first-order valence-electron chi connectivity index (χ1n) is 4.86. The van der Waals surface area contributed by atoms with Gasteiger partial charge in [-0.1, -0.05) is 11.8 Å². The summed E-state index contributed by atoms with van der Waals surface area (Å²) in [6.45, 7) is 0. The molecule has 1 heterocycles. The highest BCUT2D eigenvalue weighted by Crippen LogP contribution is 2.33. The maximum Gasteiger partial charge on any atom is 0.152 e. The van der Waals surface area contributed by atoms with Crippen LogP contribution in [0.15, 0.2) is 45.1 Å². The van der Waals surface area contributed by atoms with E-state index in [9.17, 15) is 4.39 Å². The van der Waals surface area contributed by atoms with Crippen molar-refractivity contribution in [3.8, 4) is 0 Å². The lowest BCUT2D eigenvalue weighted by Crippen LogP contribution is -2.12. The molecule has 2 rings (SSSR count). The van der Waals surface area contributed by atoms with Crippen molar-refractivity contribution in [2.75, 3.05) is 0 Å². The highest BCUT2D eigenvalue weighted by Gasteiger charge is 2.14. The van der Waals surface area contributed by atoms with Crippen LogP contribution in [0.4, 0.5) is 4.39 Å². The zero-order chi connectivity index (χ0) is 13.1. The van der Waals surface area contributed by atoms with E-state index < -0.39 is 5.82 Å². The van der Waals surface area contributed by atoms with Crippen LogP contribution >= 0.6 is 27.7 Å². The number of nitrogens with zero attached hydrogens (tertiary/aromatic N) is 2. The van der Waals surface area contributed by atoms with Crippen molar-refractivity contribution in [2.24, 2.45) is 5.73 Å².